The molecule has 0 spiro atoms. The normalized spacial score (nSPS) is 22.9. The van der Waals surface area contributed by atoms with Gasteiger partial charge in [0.05, 0.1) is 18.9 Å². The molecule has 1 fully saturated rings. The molecule has 0 aliphatic carbocycles. The predicted molar refractivity (Wildman–Crippen MR) is 67.7 cm³/mol. The minimum atomic E-state index is 0.556. The summed E-state index contributed by atoms with van der Waals surface area (Å²) in [4.78, 5) is 0. The maximum absolute atomic E-state index is 5.95. The van der Waals surface area contributed by atoms with Gasteiger partial charge in [0.25, 0.3) is 0 Å². The van der Waals surface area contributed by atoms with E-state index >= 15 is 0 Å². The second-order valence-electron chi connectivity index (χ2n) is 4.86. The molecule has 3 heteroatoms. The zero-order valence-corrected chi connectivity index (χ0v) is 10.1. The Morgan fingerprint density at radius 2 is 2.41 bits per heavy atom. The Hall–Kier alpha value is -1.22. The average molecular weight is 233 g/mol. The van der Waals surface area contributed by atoms with Gasteiger partial charge in [-0.15, -0.1) is 0 Å². The van der Waals surface area contributed by atoms with Crippen LogP contribution in [0, 0.1) is 5.92 Å². The Morgan fingerprint density at radius 3 is 3.29 bits per heavy atom. The van der Waals surface area contributed by atoms with E-state index in [1.165, 1.54) is 24.1 Å². The van der Waals surface area contributed by atoms with Gasteiger partial charge in [0, 0.05) is 19.1 Å². The van der Waals surface area contributed by atoms with Crippen molar-refractivity contribution in [2.24, 2.45) is 5.92 Å². The number of benzene rings is 1. The van der Waals surface area contributed by atoms with Crippen molar-refractivity contribution in [1.29, 1.82) is 0 Å². The van der Waals surface area contributed by atoms with Gasteiger partial charge in [-0.05, 0) is 30.9 Å². The van der Waals surface area contributed by atoms with Gasteiger partial charge >= 0.3 is 0 Å². The van der Waals surface area contributed by atoms with Gasteiger partial charge in [0.15, 0.2) is 0 Å². The minimum absolute atomic E-state index is 0.556. The smallest absolute Gasteiger partial charge is 0.142 e. The lowest BCUT2D eigenvalue weighted by atomic mass is 10.0. The first kappa shape index (κ1) is 10.9. The number of hydrogen-bond acceptors (Lipinski definition) is 3. The number of fused-ring (bicyclic) bond motifs is 1. The number of rotatable bonds is 3. The molecule has 1 atom stereocenters. The Morgan fingerprint density at radius 1 is 1.41 bits per heavy atom. The molecule has 2 aliphatic rings. The molecule has 0 amide bonds. The highest BCUT2D eigenvalue weighted by Gasteiger charge is 2.18. The van der Waals surface area contributed by atoms with E-state index in [0.29, 0.717) is 5.92 Å². The highest BCUT2D eigenvalue weighted by molar-refractivity contribution is 5.65. The second-order valence-corrected chi connectivity index (χ2v) is 4.86. The molecule has 3 rings (SSSR count). The highest BCUT2D eigenvalue weighted by atomic mass is 16.5. The van der Waals surface area contributed by atoms with Crippen LogP contribution in [-0.4, -0.2) is 26.4 Å². The lowest BCUT2D eigenvalue weighted by Crippen LogP contribution is -2.23. The molecule has 0 bridgehead atoms. The third kappa shape index (κ3) is 2.39. The molecule has 2 heterocycles. The molecule has 17 heavy (non-hydrogen) atoms. The van der Waals surface area contributed by atoms with Crippen molar-refractivity contribution >= 4 is 5.69 Å². The molecule has 92 valence electrons. The summed E-state index contributed by atoms with van der Waals surface area (Å²) >= 11 is 0. The second kappa shape index (κ2) is 4.96. The van der Waals surface area contributed by atoms with Gasteiger partial charge < -0.3 is 14.8 Å². The van der Waals surface area contributed by atoms with Gasteiger partial charge in [0.1, 0.15) is 5.75 Å². The summed E-state index contributed by atoms with van der Waals surface area (Å²) in [5.41, 5.74) is 2.58. The number of ether oxygens (including phenoxy) is 2. The third-order valence-corrected chi connectivity index (χ3v) is 3.54. The van der Waals surface area contributed by atoms with Crippen molar-refractivity contribution in [3.63, 3.8) is 0 Å². The molecule has 0 aromatic heterocycles. The van der Waals surface area contributed by atoms with E-state index in [-0.39, 0.29) is 0 Å². The largest absolute Gasteiger partial charge is 0.491 e. The van der Waals surface area contributed by atoms with Crippen LogP contribution in [0.2, 0.25) is 0 Å². The van der Waals surface area contributed by atoms with Crippen molar-refractivity contribution in [2.45, 2.75) is 19.3 Å². The van der Waals surface area contributed by atoms with Crippen LogP contribution in [0.5, 0.6) is 5.75 Å². The predicted octanol–water partition coefficient (Wildman–Crippen LogP) is 2.46. The fourth-order valence-corrected chi connectivity index (χ4v) is 2.57. The number of anilines is 1. The van der Waals surface area contributed by atoms with E-state index in [1.54, 1.807) is 0 Å². The van der Waals surface area contributed by atoms with E-state index in [2.05, 4.69) is 23.5 Å². The lowest BCUT2D eigenvalue weighted by molar-refractivity contribution is 0.0353. The van der Waals surface area contributed by atoms with Crippen LogP contribution < -0.4 is 10.1 Å². The number of nitrogens with one attached hydrogen (secondary N) is 1. The summed E-state index contributed by atoms with van der Waals surface area (Å²) in [6, 6.07) is 6.31. The summed E-state index contributed by atoms with van der Waals surface area (Å²) in [7, 11) is 0. The van der Waals surface area contributed by atoms with Crippen molar-refractivity contribution in [3.05, 3.63) is 23.8 Å². The summed E-state index contributed by atoms with van der Waals surface area (Å²) in [5, 5.41) is 3.40. The molecular formula is C14H19NO2. The van der Waals surface area contributed by atoms with Gasteiger partial charge in [-0.2, -0.15) is 0 Å². The summed E-state index contributed by atoms with van der Waals surface area (Å²) in [6.07, 6.45) is 3.50. The molecule has 2 aliphatic heterocycles. The van der Waals surface area contributed by atoms with E-state index in [4.69, 9.17) is 9.47 Å². The first-order valence-electron chi connectivity index (χ1n) is 6.50. The SMILES string of the molecule is c1cc2c(c(OCC3CCCOC3)c1)NCC2. The van der Waals surface area contributed by atoms with Crippen LogP contribution in [-0.2, 0) is 11.2 Å². The minimum Gasteiger partial charge on any atom is -0.491 e. The fraction of sp³-hybridized carbons (Fsp3) is 0.571. The molecule has 0 saturated carbocycles. The number of hydrogen-bond donors (Lipinski definition) is 1. The maximum Gasteiger partial charge on any atom is 0.142 e. The Bertz CT molecular complexity index is 386. The molecule has 1 saturated heterocycles. The fourth-order valence-electron chi connectivity index (χ4n) is 2.57. The molecular weight excluding hydrogens is 214 g/mol. The highest BCUT2D eigenvalue weighted by Crippen LogP contribution is 2.33. The summed E-state index contributed by atoms with van der Waals surface area (Å²) in [5.74, 6) is 1.56. The number of para-hydroxylation sites is 1. The van der Waals surface area contributed by atoms with Crippen LogP contribution in [0.4, 0.5) is 5.69 Å². The van der Waals surface area contributed by atoms with Gasteiger partial charge in [0.2, 0.25) is 0 Å². The van der Waals surface area contributed by atoms with Crippen LogP contribution in [0.3, 0.4) is 0 Å². The van der Waals surface area contributed by atoms with Crippen LogP contribution in [0.15, 0.2) is 18.2 Å². The van der Waals surface area contributed by atoms with Gasteiger partial charge in [-0.3, -0.25) is 0 Å². The van der Waals surface area contributed by atoms with E-state index in [0.717, 1.165) is 38.5 Å². The monoisotopic (exact) mass is 233 g/mol. The molecule has 0 radical (unpaired) electrons. The summed E-state index contributed by atoms with van der Waals surface area (Å²) in [6.45, 7) is 3.57. The van der Waals surface area contributed by atoms with E-state index in [1.807, 2.05) is 0 Å². The van der Waals surface area contributed by atoms with Crippen molar-refractivity contribution in [3.8, 4) is 5.75 Å². The summed E-state index contributed by atoms with van der Waals surface area (Å²) < 4.78 is 11.4. The third-order valence-electron chi connectivity index (χ3n) is 3.54. The van der Waals surface area contributed by atoms with E-state index in [9.17, 15) is 0 Å². The van der Waals surface area contributed by atoms with Crippen LogP contribution in [0.25, 0.3) is 0 Å². The Labute approximate surface area is 102 Å². The molecule has 1 aromatic carbocycles. The zero-order valence-electron chi connectivity index (χ0n) is 10.1. The molecule has 1 N–H and O–H groups in total. The van der Waals surface area contributed by atoms with Crippen molar-refractivity contribution in [2.75, 3.05) is 31.7 Å². The van der Waals surface area contributed by atoms with Crippen molar-refractivity contribution in [1.82, 2.24) is 0 Å². The van der Waals surface area contributed by atoms with Gasteiger partial charge in [-0.1, -0.05) is 12.1 Å². The standard InChI is InChI=1S/C14H19NO2/c1-4-12-6-7-15-14(12)13(5-1)17-10-11-3-2-8-16-9-11/h1,4-5,11,15H,2-3,6-10H2. The first-order valence-corrected chi connectivity index (χ1v) is 6.50. The first-order chi connectivity index (χ1) is 8.43. The Balaban J connectivity index is 1.63. The van der Waals surface area contributed by atoms with Crippen LogP contribution in [0.1, 0.15) is 18.4 Å². The molecule has 1 aromatic rings. The maximum atomic E-state index is 5.95. The average Bonchev–Trinajstić information content (AvgIpc) is 2.86. The van der Waals surface area contributed by atoms with E-state index < -0.39 is 0 Å². The van der Waals surface area contributed by atoms with Crippen molar-refractivity contribution < 1.29 is 9.47 Å². The van der Waals surface area contributed by atoms with Crippen LogP contribution >= 0.6 is 0 Å². The zero-order chi connectivity index (χ0) is 11.5. The molecule has 1 unspecified atom stereocenters. The molecule has 3 nitrogen and oxygen atoms in total. The lowest BCUT2D eigenvalue weighted by Gasteiger charge is -2.22. The topological polar surface area (TPSA) is 30.5 Å². The Kier molecular flexibility index (Phi) is 3.18. The van der Waals surface area contributed by atoms with Gasteiger partial charge in [-0.25, -0.2) is 0 Å². The quantitative estimate of drug-likeness (QED) is 0.870.